The van der Waals surface area contributed by atoms with Crippen LogP contribution in [0.3, 0.4) is 0 Å². The van der Waals surface area contributed by atoms with Crippen LogP contribution < -0.4 is 5.32 Å². The third kappa shape index (κ3) is 4.93. The number of aryl methyl sites for hydroxylation is 2. The maximum atomic E-state index is 12.9. The molecule has 4 rings (SSSR count). The largest absolute Gasteiger partial charge is 0.416 e. The molecule has 2 heterocycles. The van der Waals surface area contributed by atoms with Crippen LogP contribution in [0.5, 0.6) is 0 Å². The smallest absolute Gasteiger partial charge is 0.330 e. The molecule has 4 aromatic rings. The lowest BCUT2D eigenvalue weighted by molar-refractivity contribution is -0.137. The molecule has 0 bridgehead atoms. The summed E-state index contributed by atoms with van der Waals surface area (Å²) in [5.41, 5.74) is 2.33. The molecule has 0 radical (unpaired) electrons. The molecule has 0 spiro atoms. The minimum absolute atomic E-state index is 0.157. The highest BCUT2D eigenvalue weighted by Gasteiger charge is 2.30. The van der Waals surface area contributed by atoms with Gasteiger partial charge in [0, 0.05) is 19.4 Å². The van der Waals surface area contributed by atoms with E-state index in [-0.39, 0.29) is 18.7 Å². The van der Waals surface area contributed by atoms with E-state index in [0.29, 0.717) is 27.8 Å². The van der Waals surface area contributed by atoms with Gasteiger partial charge in [0.15, 0.2) is 0 Å². The van der Waals surface area contributed by atoms with Crippen molar-refractivity contribution in [1.29, 1.82) is 0 Å². The van der Waals surface area contributed by atoms with E-state index in [0.717, 1.165) is 23.2 Å². The molecule has 0 unspecified atom stereocenters. The van der Waals surface area contributed by atoms with Crippen LogP contribution in [0.4, 0.5) is 18.2 Å². The van der Waals surface area contributed by atoms with Gasteiger partial charge < -0.3 is 9.88 Å². The highest BCUT2D eigenvalue weighted by atomic mass is 32.1. The summed E-state index contributed by atoms with van der Waals surface area (Å²) in [6, 6.07) is 12.9. The lowest BCUT2D eigenvalue weighted by Crippen LogP contribution is -2.14. The van der Waals surface area contributed by atoms with Crippen molar-refractivity contribution >= 4 is 33.3 Å². The van der Waals surface area contributed by atoms with Gasteiger partial charge in [-0.25, -0.2) is 9.97 Å². The van der Waals surface area contributed by atoms with Crippen LogP contribution in [0.15, 0.2) is 54.9 Å². The number of imidazole rings is 1. The molecule has 2 aromatic carbocycles. The number of aromatic nitrogens is 3. The first-order valence-electron chi connectivity index (χ1n) is 9.62. The number of rotatable bonds is 6. The van der Waals surface area contributed by atoms with Gasteiger partial charge in [0.05, 0.1) is 33.6 Å². The number of thiazole rings is 1. The van der Waals surface area contributed by atoms with Crippen molar-refractivity contribution in [3.8, 4) is 0 Å². The molecular weight excluding hydrogens is 425 g/mol. The van der Waals surface area contributed by atoms with Gasteiger partial charge in [-0.3, -0.25) is 4.79 Å². The van der Waals surface area contributed by atoms with E-state index in [4.69, 9.17) is 0 Å². The van der Waals surface area contributed by atoms with Crippen LogP contribution in [0.25, 0.3) is 11.0 Å². The van der Waals surface area contributed by atoms with E-state index in [1.54, 1.807) is 19.3 Å². The van der Waals surface area contributed by atoms with Crippen LogP contribution >= 0.6 is 11.3 Å². The monoisotopic (exact) mass is 444 g/mol. The molecule has 0 aliphatic heterocycles. The lowest BCUT2D eigenvalue weighted by atomic mass is 10.1. The summed E-state index contributed by atoms with van der Waals surface area (Å²) in [5, 5.41) is 4.13. The lowest BCUT2D eigenvalue weighted by Gasteiger charge is -2.07. The first-order valence-corrected chi connectivity index (χ1v) is 10.4. The zero-order chi connectivity index (χ0) is 22.0. The topological polar surface area (TPSA) is 59.8 Å². The summed E-state index contributed by atoms with van der Waals surface area (Å²) < 4.78 is 40.7. The molecule has 1 N–H and O–H groups in total. The Kier molecular flexibility index (Phi) is 5.77. The third-order valence-electron chi connectivity index (χ3n) is 4.81. The Bertz CT molecular complexity index is 1230. The standard InChI is InChI=1S/C22H19F3N4OS/c1-14-21(28-19(30)9-10-29-13-26-17-7-2-3-8-18(17)29)31-20(27-14)12-15-5-4-6-16(11-15)22(23,24)25/h2-8,11,13H,9-10,12H2,1H3,(H,28,30). The van der Waals surface area contributed by atoms with Crippen molar-refractivity contribution in [2.24, 2.45) is 0 Å². The number of carbonyl (C=O) groups is 1. The quantitative estimate of drug-likeness (QED) is 0.431. The molecular formula is C22H19F3N4OS. The fourth-order valence-corrected chi connectivity index (χ4v) is 4.29. The molecule has 2 aromatic heterocycles. The molecule has 31 heavy (non-hydrogen) atoms. The van der Waals surface area contributed by atoms with Gasteiger partial charge in [0.25, 0.3) is 0 Å². The number of nitrogens with zero attached hydrogens (tertiary/aromatic N) is 3. The molecule has 0 atom stereocenters. The molecule has 0 aliphatic rings. The molecule has 1 amide bonds. The Balaban J connectivity index is 1.39. The molecule has 0 saturated carbocycles. The van der Waals surface area contributed by atoms with Crippen molar-refractivity contribution in [2.45, 2.75) is 32.5 Å². The second-order valence-electron chi connectivity index (χ2n) is 7.12. The number of benzene rings is 2. The number of alkyl halides is 3. The Labute approximate surface area is 180 Å². The van der Waals surface area contributed by atoms with Gasteiger partial charge in [-0.15, -0.1) is 11.3 Å². The minimum atomic E-state index is -4.38. The average molecular weight is 444 g/mol. The fraction of sp³-hybridized carbons (Fsp3) is 0.227. The fourth-order valence-electron chi connectivity index (χ4n) is 3.28. The van der Waals surface area contributed by atoms with Crippen LogP contribution in [-0.2, 0) is 23.9 Å². The third-order valence-corrected chi connectivity index (χ3v) is 5.88. The summed E-state index contributed by atoms with van der Waals surface area (Å²) in [7, 11) is 0. The Morgan fingerprint density at radius 2 is 1.97 bits per heavy atom. The number of fused-ring (bicyclic) bond motifs is 1. The van der Waals surface area contributed by atoms with E-state index >= 15 is 0 Å². The van der Waals surface area contributed by atoms with Crippen molar-refractivity contribution in [2.75, 3.05) is 5.32 Å². The van der Waals surface area contributed by atoms with Gasteiger partial charge in [-0.1, -0.05) is 30.3 Å². The zero-order valence-corrected chi connectivity index (χ0v) is 17.4. The van der Waals surface area contributed by atoms with Crippen molar-refractivity contribution in [3.63, 3.8) is 0 Å². The Morgan fingerprint density at radius 3 is 2.77 bits per heavy atom. The maximum absolute atomic E-state index is 12.9. The summed E-state index contributed by atoms with van der Waals surface area (Å²) in [6.45, 7) is 2.26. The maximum Gasteiger partial charge on any atom is 0.416 e. The van der Waals surface area contributed by atoms with Crippen molar-refractivity contribution in [3.05, 3.63) is 76.7 Å². The van der Waals surface area contributed by atoms with Gasteiger partial charge in [-0.05, 0) is 30.7 Å². The molecule has 0 saturated heterocycles. The number of hydrogen-bond donors (Lipinski definition) is 1. The summed E-state index contributed by atoms with van der Waals surface area (Å²) in [4.78, 5) is 21.1. The predicted molar refractivity (Wildman–Crippen MR) is 114 cm³/mol. The predicted octanol–water partition coefficient (Wildman–Crippen LogP) is 5.44. The number of halogens is 3. The van der Waals surface area contributed by atoms with Crippen molar-refractivity contribution < 1.29 is 18.0 Å². The second-order valence-corrected chi connectivity index (χ2v) is 8.21. The molecule has 0 aliphatic carbocycles. The van der Waals surface area contributed by atoms with Gasteiger partial charge in [0.2, 0.25) is 5.91 Å². The average Bonchev–Trinajstić information content (AvgIpc) is 3.29. The number of nitrogens with one attached hydrogen (secondary N) is 1. The van der Waals surface area contributed by atoms with Gasteiger partial charge in [0.1, 0.15) is 5.00 Å². The van der Waals surface area contributed by atoms with Crippen LogP contribution in [-0.4, -0.2) is 20.4 Å². The van der Waals surface area contributed by atoms with Gasteiger partial charge in [-0.2, -0.15) is 13.2 Å². The molecule has 0 fully saturated rings. The van der Waals surface area contributed by atoms with Crippen molar-refractivity contribution in [1.82, 2.24) is 14.5 Å². The van der Waals surface area contributed by atoms with Gasteiger partial charge >= 0.3 is 6.18 Å². The Hall–Kier alpha value is -3.20. The number of amides is 1. The Morgan fingerprint density at radius 1 is 1.16 bits per heavy atom. The van der Waals surface area contributed by atoms with E-state index in [2.05, 4.69) is 15.3 Å². The van der Waals surface area contributed by atoms with E-state index in [1.807, 2.05) is 28.8 Å². The number of carbonyl (C=O) groups excluding carboxylic acids is 1. The van der Waals surface area contributed by atoms with E-state index < -0.39 is 11.7 Å². The summed E-state index contributed by atoms with van der Waals surface area (Å²) >= 11 is 1.28. The first-order chi connectivity index (χ1) is 14.8. The number of anilines is 1. The highest BCUT2D eigenvalue weighted by Crippen LogP contribution is 2.31. The number of hydrogen-bond acceptors (Lipinski definition) is 4. The van der Waals surface area contributed by atoms with Crippen LogP contribution in [0.2, 0.25) is 0 Å². The second kappa shape index (κ2) is 8.50. The normalized spacial score (nSPS) is 11.7. The summed E-state index contributed by atoms with van der Waals surface area (Å²) in [6.07, 6.45) is -2.13. The van der Waals surface area contributed by atoms with Crippen LogP contribution in [0, 0.1) is 6.92 Å². The molecule has 5 nitrogen and oxygen atoms in total. The summed E-state index contributed by atoms with van der Waals surface area (Å²) in [5.74, 6) is -0.157. The zero-order valence-electron chi connectivity index (χ0n) is 16.6. The minimum Gasteiger partial charge on any atom is -0.330 e. The SMILES string of the molecule is Cc1nc(Cc2cccc(C(F)(F)F)c2)sc1NC(=O)CCn1cnc2ccccc21. The first kappa shape index (κ1) is 21.0. The molecule has 160 valence electrons. The highest BCUT2D eigenvalue weighted by molar-refractivity contribution is 7.16. The number of para-hydroxylation sites is 2. The van der Waals surface area contributed by atoms with E-state index in [9.17, 15) is 18.0 Å². The van der Waals surface area contributed by atoms with E-state index in [1.165, 1.54) is 17.4 Å². The van der Waals surface area contributed by atoms with Crippen LogP contribution in [0.1, 0.15) is 28.2 Å². The molecule has 9 heteroatoms.